The second-order valence-electron chi connectivity index (χ2n) is 5.18. The molecule has 5 nitrogen and oxygen atoms in total. The normalized spacial score (nSPS) is 18.5. The number of carbonyl (C=O) groups is 1. The number of rotatable bonds is 3. The lowest BCUT2D eigenvalue weighted by atomic mass is 10.0. The van der Waals surface area contributed by atoms with Crippen LogP contribution < -0.4 is 5.32 Å². The number of hydrogen-bond acceptors (Lipinski definition) is 5. The van der Waals surface area contributed by atoms with Gasteiger partial charge in [0.25, 0.3) is 5.91 Å². The molecule has 7 heteroatoms. The highest BCUT2D eigenvalue weighted by molar-refractivity contribution is 7.08. The van der Waals surface area contributed by atoms with Crippen molar-refractivity contribution in [2.75, 3.05) is 19.6 Å². The van der Waals surface area contributed by atoms with E-state index in [2.05, 4.69) is 14.9 Å². The van der Waals surface area contributed by atoms with Crippen molar-refractivity contribution in [3.63, 3.8) is 0 Å². The maximum atomic E-state index is 13.5. The molecule has 1 aromatic carbocycles. The molecular weight excluding hydrogens is 303 g/mol. The molecule has 116 valence electrons. The number of aryl methyl sites for hydroxylation is 1. The van der Waals surface area contributed by atoms with Crippen LogP contribution in [0.5, 0.6) is 0 Å². The summed E-state index contributed by atoms with van der Waals surface area (Å²) in [7, 11) is 0. The van der Waals surface area contributed by atoms with Gasteiger partial charge >= 0.3 is 0 Å². The number of halogens is 1. The van der Waals surface area contributed by atoms with Gasteiger partial charge in [0.05, 0.1) is 11.7 Å². The van der Waals surface area contributed by atoms with Gasteiger partial charge in [0.2, 0.25) is 0 Å². The second kappa shape index (κ2) is 6.50. The fraction of sp³-hybridized carbons (Fsp3) is 0.400. The van der Waals surface area contributed by atoms with E-state index in [0.717, 1.165) is 29.3 Å². The molecule has 1 atom stereocenters. The molecule has 1 unspecified atom stereocenters. The molecule has 1 aliphatic heterocycles. The summed E-state index contributed by atoms with van der Waals surface area (Å²) in [4.78, 5) is 15.2. The first-order valence-electron chi connectivity index (χ1n) is 7.29. The summed E-state index contributed by atoms with van der Waals surface area (Å²) in [6.45, 7) is 3.88. The summed E-state index contributed by atoms with van der Waals surface area (Å²) in [6, 6.07) is 6.25. The quantitative estimate of drug-likeness (QED) is 0.940. The molecule has 0 saturated carbocycles. The first kappa shape index (κ1) is 15.1. The summed E-state index contributed by atoms with van der Waals surface area (Å²) in [5.74, 6) is -0.355. The van der Waals surface area contributed by atoms with Crippen molar-refractivity contribution in [3.8, 4) is 0 Å². The number of hydrogen-bond donors (Lipinski definition) is 1. The highest BCUT2D eigenvalue weighted by Gasteiger charge is 2.31. The zero-order chi connectivity index (χ0) is 15.5. The zero-order valence-corrected chi connectivity index (χ0v) is 13.1. The van der Waals surface area contributed by atoms with Gasteiger partial charge in [-0.25, -0.2) is 4.39 Å². The van der Waals surface area contributed by atoms with E-state index in [1.54, 1.807) is 11.0 Å². The maximum absolute atomic E-state index is 13.5. The van der Waals surface area contributed by atoms with Crippen molar-refractivity contribution < 1.29 is 9.18 Å². The molecule has 0 aliphatic carbocycles. The van der Waals surface area contributed by atoms with Gasteiger partial charge in [-0.1, -0.05) is 23.5 Å². The maximum Gasteiger partial charge on any atom is 0.268 e. The smallest absolute Gasteiger partial charge is 0.268 e. The van der Waals surface area contributed by atoms with Crippen LogP contribution in [0.1, 0.15) is 33.9 Å². The standard InChI is InChI=1S/C15H17FN4OS/c1-2-12-14(22-19-18-12)15(21)20-7-6-17-9-13(20)10-4-3-5-11(16)8-10/h3-5,8,13,17H,2,6-7,9H2,1H3. The Morgan fingerprint density at radius 3 is 3.18 bits per heavy atom. The predicted molar refractivity (Wildman–Crippen MR) is 82.3 cm³/mol. The van der Waals surface area contributed by atoms with Crippen molar-refractivity contribution in [1.29, 1.82) is 0 Å². The Morgan fingerprint density at radius 2 is 2.41 bits per heavy atom. The molecule has 2 heterocycles. The summed E-state index contributed by atoms with van der Waals surface area (Å²) < 4.78 is 17.4. The number of nitrogens with zero attached hydrogens (tertiary/aromatic N) is 3. The third kappa shape index (κ3) is 2.86. The molecule has 0 spiro atoms. The van der Waals surface area contributed by atoms with Crippen LogP contribution in [0.2, 0.25) is 0 Å². The molecule has 1 aliphatic rings. The van der Waals surface area contributed by atoms with Crippen molar-refractivity contribution >= 4 is 17.4 Å². The van der Waals surface area contributed by atoms with Crippen LogP contribution in [0, 0.1) is 5.82 Å². The van der Waals surface area contributed by atoms with Gasteiger partial charge in [-0.3, -0.25) is 4.79 Å². The summed E-state index contributed by atoms with van der Waals surface area (Å²) in [6.07, 6.45) is 0.675. The molecule has 3 rings (SSSR count). The Hall–Kier alpha value is -1.86. The van der Waals surface area contributed by atoms with Gasteiger partial charge in [0.1, 0.15) is 10.7 Å². The lowest BCUT2D eigenvalue weighted by molar-refractivity contribution is 0.0637. The Balaban J connectivity index is 1.91. The van der Waals surface area contributed by atoms with E-state index in [1.807, 2.05) is 13.0 Å². The first-order valence-corrected chi connectivity index (χ1v) is 8.06. The summed E-state index contributed by atoms with van der Waals surface area (Å²) >= 11 is 1.13. The molecule has 1 aromatic heterocycles. The number of piperazine rings is 1. The molecule has 1 N–H and O–H groups in total. The van der Waals surface area contributed by atoms with Gasteiger partial charge in [0, 0.05) is 19.6 Å². The molecule has 0 radical (unpaired) electrons. The van der Waals surface area contributed by atoms with Crippen LogP contribution in [0.4, 0.5) is 4.39 Å². The minimum Gasteiger partial charge on any atom is -0.328 e. The minimum atomic E-state index is -0.288. The minimum absolute atomic E-state index is 0.0670. The van der Waals surface area contributed by atoms with E-state index >= 15 is 0 Å². The summed E-state index contributed by atoms with van der Waals surface area (Å²) in [5, 5.41) is 7.28. The summed E-state index contributed by atoms with van der Waals surface area (Å²) in [5.41, 5.74) is 1.53. The SMILES string of the molecule is CCc1nnsc1C(=O)N1CCNCC1c1cccc(F)c1. The lowest BCUT2D eigenvalue weighted by Gasteiger charge is -2.36. The fourth-order valence-electron chi connectivity index (χ4n) is 2.69. The molecule has 22 heavy (non-hydrogen) atoms. The first-order chi connectivity index (χ1) is 10.7. The van der Waals surface area contributed by atoms with Crippen LogP contribution in [0.3, 0.4) is 0 Å². The van der Waals surface area contributed by atoms with Gasteiger partial charge in [-0.05, 0) is 35.6 Å². The lowest BCUT2D eigenvalue weighted by Crippen LogP contribution is -2.48. The van der Waals surface area contributed by atoms with Crippen molar-refractivity contribution in [2.24, 2.45) is 0 Å². The second-order valence-corrected chi connectivity index (χ2v) is 5.93. The Labute approximate surface area is 132 Å². The van der Waals surface area contributed by atoms with Crippen LogP contribution in [-0.4, -0.2) is 40.0 Å². The van der Waals surface area contributed by atoms with Crippen LogP contribution in [0.15, 0.2) is 24.3 Å². The van der Waals surface area contributed by atoms with Gasteiger partial charge in [-0.2, -0.15) is 0 Å². The van der Waals surface area contributed by atoms with Crippen molar-refractivity contribution in [3.05, 3.63) is 46.2 Å². The number of benzene rings is 1. The number of carbonyl (C=O) groups excluding carboxylic acids is 1. The molecule has 1 amide bonds. The van der Waals surface area contributed by atoms with Crippen molar-refractivity contribution in [2.45, 2.75) is 19.4 Å². The topological polar surface area (TPSA) is 58.1 Å². The monoisotopic (exact) mass is 320 g/mol. The predicted octanol–water partition coefficient (Wildman–Crippen LogP) is 2.03. The average Bonchev–Trinajstić information content (AvgIpc) is 3.03. The molecule has 2 aromatic rings. The van der Waals surface area contributed by atoms with Crippen molar-refractivity contribution in [1.82, 2.24) is 19.8 Å². The zero-order valence-electron chi connectivity index (χ0n) is 12.3. The van der Waals surface area contributed by atoms with Gasteiger partial charge in [-0.15, -0.1) is 5.10 Å². The van der Waals surface area contributed by atoms with E-state index < -0.39 is 0 Å². The average molecular weight is 320 g/mol. The van der Waals surface area contributed by atoms with E-state index in [1.165, 1.54) is 12.1 Å². The molecular formula is C15H17FN4OS. The third-order valence-corrected chi connectivity index (χ3v) is 4.58. The highest BCUT2D eigenvalue weighted by atomic mass is 32.1. The Morgan fingerprint density at radius 1 is 1.55 bits per heavy atom. The van der Waals surface area contributed by atoms with Crippen LogP contribution >= 0.6 is 11.5 Å². The van der Waals surface area contributed by atoms with E-state index in [0.29, 0.717) is 24.4 Å². The molecule has 1 fully saturated rings. The fourth-order valence-corrected chi connectivity index (χ4v) is 3.40. The Bertz CT molecular complexity index is 675. The van der Waals surface area contributed by atoms with Crippen LogP contribution in [0.25, 0.3) is 0 Å². The number of nitrogens with one attached hydrogen (secondary N) is 1. The number of aromatic nitrogens is 2. The largest absolute Gasteiger partial charge is 0.328 e. The van der Waals surface area contributed by atoms with Crippen LogP contribution in [-0.2, 0) is 6.42 Å². The van der Waals surface area contributed by atoms with Gasteiger partial charge in [0.15, 0.2) is 0 Å². The molecule has 0 bridgehead atoms. The van der Waals surface area contributed by atoms with E-state index in [-0.39, 0.29) is 17.8 Å². The number of amides is 1. The Kier molecular flexibility index (Phi) is 4.44. The van der Waals surface area contributed by atoms with Gasteiger partial charge < -0.3 is 10.2 Å². The highest BCUT2D eigenvalue weighted by Crippen LogP contribution is 2.26. The third-order valence-electron chi connectivity index (χ3n) is 3.82. The van der Waals surface area contributed by atoms with E-state index in [4.69, 9.17) is 0 Å². The molecule has 1 saturated heterocycles. The van der Waals surface area contributed by atoms with E-state index in [9.17, 15) is 9.18 Å².